The summed E-state index contributed by atoms with van der Waals surface area (Å²) >= 11 is 0. The average Bonchev–Trinajstić information content (AvgIpc) is 3.55. The van der Waals surface area contributed by atoms with Crippen molar-refractivity contribution in [2.24, 2.45) is 5.92 Å². The van der Waals surface area contributed by atoms with Crippen molar-refractivity contribution in [2.45, 2.75) is 45.3 Å². The molecule has 2 aliphatic rings. The Bertz CT molecular complexity index is 1200. The molecule has 2 fully saturated rings. The number of anilines is 2. The number of pyridine rings is 1. The van der Waals surface area contributed by atoms with Crippen LogP contribution in [0.4, 0.5) is 11.5 Å². The first-order valence-electron chi connectivity index (χ1n) is 11.3. The number of benzene rings is 1. The molecule has 3 heterocycles. The van der Waals surface area contributed by atoms with Crippen LogP contribution in [0.3, 0.4) is 0 Å². The summed E-state index contributed by atoms with van der Waals surface area (Å²) in [6.07, 6.45) is 6.07. The van der Waals surface area contributed by atoms with Crippen molar-refractivity contribution in [1.29, 1.82) is 0 Å². The number of piperidine rings is 1. The fraction of sp³-hybridized carbons (Fsp3) is 0.458. The van der Waals surface area contributed by atoms with Crippen molar-refractivity contribution in [2.75, 3.05) is 25.5 Å². The number of hydrogen-bond donors (Lipinski definition) is 2. The molecule has 5 rings (SSSR count). The maximum absolute atomic E-state index is 13.0. The van der Waals surface area contributed by atoms with Gasteiger partial charge in [-0.15, -0.1) is 0 Å². The molecule has 8 heteroatoms. The van der Waals surface area contributed by atoms with Crippen LogP contribution < -0.4 is 10.9 Å². The van der Waals surface area contributed by atoms with E-state index in [1.165, 1.54) is 12.8 Å². The molecule has 2 N–H and O–H groups in total. The molecule has 168 valence electrons. The number of aromatic amines is 1. The molecule has 1 aromatic carbocycles. The van der Waals surface area contributed by atoms with Crippen LogP contribution in [0.25, 0.3) is 10.9 Å². The SMILES string of the molecule is COC1CCN(C(=O)c2ccc(Nc3nn(CC4CC4)c4cc[nH]c(=O)c34)cc2C)CC1. The van der Waals surface area contributed by atoms with Crippen LogP contribution in [0, 0.1) is 12.8 Å². The molecule has 0 spiro atoms. The molecule has 3 aromatic rings. The summed E-state index contributed by atoms with van der Waals surface area (Å²) in [6.45, 7) is 4.19. The number of likely N-dealkylation sites (tertiary alicyclic amines) is 1. The number of aryl methyl sites for hydroxylation is 1. The Morgan fingerprint density at radius 2 is 2.00 bits per heavy atom. The van der Waals surface area contributed by atoms with E-state index in [0.29, 0.717) is 35.8 Å². The standard InChI is InChI=1S/C24H29N5O3/c1-15-13-17(5-6-19(15)24(31)28-11-8-18(32-2)9-12-28)26-22-21-20(7-10-25-23(21)30)29(27-22)14-16-3-4-16/h5-7,10,13,16,18H,3-4,8-9,11-12,14H2,1-2H3,(H,25,30)(H,26,27). The fourth-order valence-corrected chi connectivity index (χ4v) is 4.49. The Kier molecular flexibility index (Phi) is 5.46. The van der Waals surface area contributed by atoms with Crippen LogP contribution in [0.2, 0.25) is 0 Å². The molecule has 1 saturated heterocycles. The predicted octanol–water partition coefficient (Wildman–Crippen LogP) is 3.44. The van der Waals surface area contributed by atoms with Crippen LogP contribution in [-0.4, -0.2) is 51.9 Å². The number of amides is 1. The van der Waals surface area contributed by atoms with E-state index in [2.05, 4.69) is 10.3 Å². The minimum absolute atomic E-state index is 0.0548. The number of hydrogen-bond acceptors (Lipinski definition) is 5. The maximum atomic E-state index is 13.0. The van der Waals surface area contributed by atoms with Gasteiger partial charge in [-0.05, 0) is 68.4 Å². The van der Waals surface area contributed by atoms with Crippen LogP contribution in [-0.2, 0) is 11.3 Å². The number of aromatic nitrogens is 3. The second-order valence-electron chi connectivity index (χ2n) is 8.92. The Hall–Kier alpha value is -3.13. The topological polar surface area (TPSA) is 92.2 Å². The summed E-state index contributed by atoms with van der Waals surface area (Å²) in [5.41, 5.74) is 3.08. The highest BCUT2D eigenvalue weighted by Gasteiger charge is 2.26. The lowest BCUT2D eigenvalue weighted by atomic mass is 10.0. The highest BCUT2D eigenvalue weighted by Crippen LogP contribution is 2.33. The number of H-pyrrole nitrogens is 1. The maximum Gasteiger partial charge on any atom is 0.261 e. The molecule has 1 amide bonds. The summed E-state index contributed by atoms with van der Waals surface area (Å²) in [4.78, 5) is 30.2. The summed E-state index contributed by atoms with van der Waals surface area (Å²) in [5.74, 6) is 1.24. The molecule has 32 heavy (non-hydrogen) atoms. The zero-order chi connectivity index (χ0) is 22.2. The highest BCUT2D eigenvalue weighted by molar-refractivity contribution is 5.96. The first kappa shape index (κ1) is 20.8. The number of nitrogens with one attached hydrogen (secondary N) is 2. The smallest absolute Gasteiger partial charge is 0.261 e. The molecule has 0 radical (unpaired) electrons. The fourth-order valence-electron chi connectivity index (χ4n) is 4.49. The third-order valence-electron chi connectivity index (χ3n) is 6.58. The number of nitrogens with zero attached hydrogens (tertiary/aromatic N) is 3. The molecule has 0 unspecified atom stereocenters. The summed E-state index contributed by atoms with van der Waals surface area (Å²) in [7, 11) is 1.73. The van der Waals surface area contributed by atoms with Gasteiger partial charge in [-0.25, -0.2) is 0 Å². The van der Waals surface area contributed by atoms with Gasteiger partial charge in [-0.2, -0.15) is 5.10 Å². The van der Waals surface area contributed by atoms with E-state index < -0.39 is 0 Å². The summed E-state index contributed by atoms with van der Waals surface area (Å²) < 4.78 is 7.34. The first-order chi connectivity index (χ1) is 15.5. The quantitative estimate of drug-likeness (QED) is 0.619. The van der Waals surface area contributed by atoms with E-state index in [-0.39, 0.29) is 17.6 Å². The van der Waals surface area contributed by atoms with Crippen molar-refractivity contribution < 1.29 is 9.53 Å². The first-order valence-corrected chi connectivity index (χ1v) is 11.3. The van der Waals surface area contributed by atoms with Gasteiger partial charge >= 0.3 is 0 Å². The Labute approximate surface area is 186 Å². The number of fused-ring (bicyclic) bond motifs is 1. The van der Waals surface area contributed by atoms with Gasteiger partial charge in [0.15, 0.2) is 5.82 Å². The van der Waals surface area contributed by atoms with Gasteiger partial charge in [0.05, 0.1) is 11.6 Å². The van der Waals surface area contributed by atoms with Gasteiger partial charge in [0.25, 0.3) is 11.5 Å². The molecule has 0 atom stereocenters. The molecule has 1 aliphatic carbocycles. The predicted molar refractivity (Wildman–Crippen MR) is 123 cm³/mol. The largest absolute Gasteiger partial charge is 0.381 e. The molecular formula is C24H29N5O3. The van der Waals surface area contributed by atoms with E-state index in [1.807, 2.05) is 40.8 Å². The number of rotatable bonds is 6. The van der Waals surface area contributed by atoms with Crippen LogP contribution in [0.1, 0.15) is 41.6 Å². The minimum atomic E-state index is -0.157. The molecular weight excluding hydrogens is 406 g/mol. The highest BCUT2D eigenvalue weighted by atomic mass is 16.5. The molecule has 1 saturated carbocycles. The number of methoxy groups -OCH3 is 1. The number of ether oxygens (including phenoxy) is 1. The zero-order valence-corrected chi connectivity index (χ0v) is 18.6. The third-order valence-corrected chi connectivity index (χ3v) is 6.58. The normalized spacial score (nSPS) is 17.1. The van der Waals surface area contributed by atoms with Gasteiger partial charge in [-0.3, -0.25) is 14.3 Å². The third kappa shape index (κ3) is 4.02. The van der Waals surface area contributed by atoms with Gasteiger partial charge in [0.2, 0.25) is 0 Å². The molecule has 1 aliphatic heterocycles. The van der Waals surface area contributed by atoms with Crippen LogP contribution in [0.5, 0.6) is 0 Å². The zero-order valence-electron chi connectivity index (χ0n) is 18.6. The van der Waals surface area contributed by atoms with E-state index in [1.54, 1.807) is 13.3 Å². The monoisotopic (exact) mass is 435 g/mol. The van der Waals surface area contributed by atoms with Crippen LogP contribution in [0.15, 0.2) is 35.3 Å². The Morgan fingerprint density at radius 1 is 1.22 bits per heavy atom. The van der Waals surface area contributed by atoms with Crippen molar-refractivity contribution in [3.05, 3.63) is 51.9 Å². The van der Waals surface area contributed by atoms with Crippen molar-refractivity contribution in [1.82, 2.24) is 19.7 Å². The number of carbonyl (C=O) groups is 1. The van der Waals surface area contributed by atoms with E-state index in [0.717, 1.165) is 36.2 Å². The summed E-state index contributed by atoms with van der Waals surface area (Å²) in [5, 5.41) is 8.57. The Morgan fingerprint density at radius 3 is 2.69 bits per heavy atom. The van der Waals surface area contributed by atoms with Gasteiger partial charge in [0.1, 0.15) is 5.39 Å². The minimum Gasteiger partial charge on any atom is -0.381 e. The Balaban J connectivity index is 1.38. The lowest BCUT2D eigenvalue weighted by Crippen LogP contribution is -2.40. The number of carbonyl (C=O) groups excluding carboxylic acids is 1. The van der Waals surface area contributed by atoms with Gasteiger partial charge in [-0.1, -0.05) is 0 Å². The summed E-state index contributed by atoms with van der Waals surface area (Å²) in [6, 6.07) is 7.58. The second-order valence-corrected chi connectivity index (χ2v) is 8.92. The van der Waals surface area contributed by atoms with E-state index in [9.17, 15) is 9.59 Å². The molecule has 8 nitrogen and oxygen atoms in total. The van der Waals surface area contributed by atoms with Gasteiger partial charge < -0.3 is 19.9 Å². The van der Waals surface area contributed by atoms with Crippen LogP contribution >= 0.6 is 0 Å². The van der Waals surface area contributed by atoms with Crippen molar-refractivity contribution in [3.8, 4) is 0 Å². The van der Waals surface area contributed by atoms with Gasteiger partial charge in [0, 0.05) is 44.2 Å². The lowest BCUT2D eigenvalue weighted by Gasteiger charge is -2.31. The van der Waals surface area contributed by atoms with E-state index in [4.69, 9.17) is 9.84 Å². The van der Waals surface area contributed by atoms with Crippen molar-refractivity contribution in [3.63, 3.8) is 0 Å². The molecule has 0 bridgehead atoms. The average molecular weight is 436 g/mol. The van der Waals surface area contributed by atoms with E-state index >= 15 is 0 Å². The lowest BCUT2D eigenvalue weighted by molar-refractivity contribution is 0.0350. The van der Waals surface area contributed by atoms with Crippen molar-refractivity contribution >= 4 is 28.3 Å². The molecule has 2 aromatic heterocycles. The second kappa shape index (κ2) is 8.43.